The Morgan fingerprint density at radius 2 is 0.374 bits per heavy atom. The van der Waals surface area contributed by atoms with Crippen LogP contribution in [-0.4, -0.2) is 227 Å². The second-order valence-electron chi connectivity index (χ2n) is 28.9. The van der Waals surface area contributed by atoms with Crippen molar-refractivity contribution in [3.05, 3.63) is 212 Å². The van der Waals surface area contributed by atoms with E-state index >= 15 is 0 Å². The molecule has 0 atom stereocenters. The predicted molar refractivity (Wildman–Crippen MR) is 400 cm³/mol. The van der Waals surface area contributed by atoms with Crippen LogP contribution in [0.15, 0.2) is 146 Å². The normalized spacial score (nSPS) is 12.7. The molecule has 6 aromatic rings. The average molecular weight is 1510 g/mol. The van der Waals surface area contributed by atoms with Gasteiger partial charge in [-0.1, -0.05) is 146 Å². The van der Waals surface area contributed by atoms with Crippen LogP contribution in [-0.2, 0) is 55.9 Å². The summed E-state index contributed by atoms with van der Waals surface area (Å²) in [6.07, 6.45) is -1.87. The Balaban J connectivity index is 0.982. The van der Waals surface area contributed by atoms with Crippen LogP contribution in [0.2, 0.25) is 6.55 Å². The second-order valence-corrected chi connectivity index (χ2v) is 31.5. The molecule has 6 rings (SSSR count). The van der Waals surface area contributed by atoms with Crippen molar-refractivity contribution in [2.24, 2.45) is 0 Å². The van der Waals surface area contributed by atoms with Crippen LogP contribution in [0.4, 0.5) is 0 Å². The van der Waals surface area contributed by atoms with Gasteiger partial charge < -0.3 is 86.5 Å². The highest BCUT2D eigenvalue weighted by Crippen LogP contribution is 2.32. The molecule has 0 saturated carbocycles. The van der Waals surface area contributed by atoms with Gasteiger partial charge in [-0.3, -0.25) is 28.8 Å². The summed E-state index contributed by atoms with van der Waals surface area (Å²) in [7, 11) is -3.36. The number of ether oxygens (including phenoxy) is 9. The van der Waals surface area contributed by atoms with E-state index < -0.39 is 95.4 Å². The molecule has 0 heterocycles. The van der Waals surface area contributed by atoms with E-state index in [0.29, 0.717) is 66.8 Å². The number of Topliss-reactive ketones (excluding diaryl/α,β-unsaturated/α-hetero) is 6. The number of rotatable bonds is 51. The molecule has 0 spiro atoms. The van der Waals surface area contributed by atoms with E-state index in [9.17, 15) is 59.4 Å². The minimum Gasteiger partial charge on any atom is -0.382 e. The molecule has 25 heteroatoms. The molecular weight excluding hydrogens is 1400 g/mol. The van der Waals surface area contributed by atoms with Crippen molar-refractivity contribution in [1.29, 1.82) is 0 Å². The van der Waals surface area contributed by atoms with E-state index in [4.69, 9.17) is 55.9 Å². The third-order valence-corrected chi connectivity index (χ3v) is 18.8. The molecule has 6 aromatic carbocycles. The number of hydrogen-bond acceptors (Lipinski definition) is 24. The molecule has 0 radical (unpaired) electrons. The van der Waals surface area contributed by atoms with E-state index in [-0.39, 0.29) is 119 Å². The molecule has 0 fully saturated rings. The van der Waals surface area contributed by atoms with Crippen molar-refractivity contribution >= 4 is 43.5 Å². The first-order valence-corrected chi connectivity index (χ1v) is 38.0. The van der Waals surface area contributed by atoms with E-state index in [0.717, 1.165) is 0 Å². The third-order valence-electron chi connectivity index (χ3n) is 16.6. The van der Waals surface area contributed by atoms with Crippen molar-refractivity contribution in [2.45, 2.75) is 142 Å². The lowest BCUT2D eigenvalue weighted by Gasteiger charge is -2.26. The summed E-state index contributed by atoms with van der Waals surface area (Å²) in [6, 6.07) is 40.4. The number of ketones is 6. The van der Waals surface area contributed by atoms with Gasteiger partial charge in [0.2, 0.25) is 0 Å². The van der Waals surface area contributed by atoms with Gasteiger partial charge in [0.15, 0.2) is 34.7 Å². The Labute approximate surface area is 628 Å². The molecule has 0 saturated heterocycles. The van der Waals surface area contributed by atoms with Gasteiger partial charge in [0, 0.05) is 39.9 Å². The van der Waals surface area contributed by atoms with Crippen LogP contribution in [0, 0.1) is 0 Å². The molecule has 0 amide bonds. The van der Waals surface area contributed by atoms with Crippen LogP contribution in [0.1, 0.15) is 197 Å². The lowest BCUT2D eigenvalue weighted by molar-refractivity contribution is -0.0257. The Morgan fingerprint density at radius 1 is 0.243 bits per heavy atom. The molecule has 0 aliphatic rings. The monoisotopic (exact) mass is 1500 g/mol. The van der Waals surface area contributed by atoms with Crippen molar-refractivity contribution in [3.63, 3.8) is 0 Å². The molecule has 0 aliphatic carbocycles. The highest BCUT2D eigenvalue weighted by molar-refractivity contribution is 6.59. The fourth-order valence-corrected chi connectivity index (χ4v) is 12.4. The first kappa shape index (κ1) is 88.7. The summed E-state index contributed by atoms with van der Waals surface area (Å²) in [4.78, 5) is 76.8. The summed E-state index contributed by atoms with van der Waals surface area (Å²) < 4.78 is 72.9. The molecule has 24 nitrogen and oxygen atoms in total. The number of benzene rings is 6. The maximum atomic E-state index is 12.8. The minimum absolute atomic E-state index is 0.114. The Bertz CT molecular complexity index is 3140. The summed E-state index contributed by atoms with van der Waals surface area (Å²) in [5.41, 5.74) is -3.11. The van der Waals surface area contributed by atoms with E-state index in [1.807, 2.05) is 0 Å². The third kappa shape index (κ3) is 29.0. The van der Waals surface area contributed by atoms with Gasteiger partial charge in [0.05, 0.1) is 119 Å². The number of carbonyl (C=O) groups excluding carboxylic acids is 6. The van der Waals surface area contributed by atoms with Gasteiger partial charge >= 0.3 is 8.80 Å². The van der Waals surface area contributed by atoms with Crippen LogP contribution in [0.5, 0.6) is 0 Å². The molecular formula is C82H108O24Si. The molecule has 6 N–H and O–H groups in total. The fraction of sp³-hybridized carbons (Fsp3) is 0.488. The number of aliphatic hydroxyl groups is 6. The summed E-state index contributed by atoms with van der Waals surface area (Å²) in [5.74, 6) is -2.61. The van der Waals surface area contributed by atoms with Gasteiger partial charge in [0.1, 0.15) is 51.9 Å². The average Bonchev–Trinajstić information content (AvgIpc) is 0.820. The van der Waals surface area contributed by atoms with Gasteiger partial charge in [-0.2, -0.15) is 0 Å². The maximum Gasteiger partial charge on any atom is 0.497 e. The van der Waals surface area contributed by atoms with Crippen molar-refractivity contribution < 1.29 is 115 Å². The van der Waals surface area contributed by atoms with Crippen molar-refractivity contribution in [1.82, 2.24) is 0 Å². The highest BCUT2D eigenvalue weighted by Gasteiger charge is 2.36. The fourth-order valence-electron chi connectivity index (χ4n) is 10.8. The lowest BCUT2D eigenvalue weighted by Crippen LogP contribution is -2.45. The van der Waals surface area contributed by atoms with Gasteiger partial charge in [-0.05, 0) is 116 Å². The Morgan fingerprint density at radius 3 is 0.514 bits per heavy atom. The largest absolute Gasteiger partial charge is 0.497 e. The van der Waals surface area contributed by atoms with Gasteiger partial charge in [-0.15, -0.1) is 0 Å². The highest BCUT2D eigenvalue weighted by atomic mass is 28.4. The van der Waals surface area contributed by atoms with Crippen LogP contribution in [0.25, 0.3) is 0 Å². The molecule has 0 bridgehead atoms. The minimum atomic E-state index is -3.36. The first-order valence-electron chi connectivity index (χ1n) is 35.7. The zero-order valence-electron chi connectivity index (χ0n) is 63.8. The van der Waals surface area contributed by atoms with Crippen LogP contribution < -0.4 is 0 Å². The zero-order valence-corrected chi connectivity index (χ0v) is 64.8. The van der Waals surface area contributed by atoms with E-state index in [2.05, 4.69) is 0 Å². The smallest absolute Gasteiger partial charge is 0.382 e. The number of hydrogen-bond donors (Lipinski definition) is 6. The molecule has 107 heavy (non-hydrogen) atoms. The van der Waals surface area contributed by atoms with Gasteiger partial charge in [0.25, 0.3) is 0 Å². The van der Waals surface area contributed by atoms with Crippen molar-refractivity contribution in [3.8, 4) is 0 Å². The number of carbonyl (C=O) groups is 6. The maximum absolute atomic E-state index is 12.8. The summed E-state index contributed by atoms with van der Waals surface area (Å²) in [5, 5.41) is 61.9. The lowest BCUT2D eigenvalue weighted by atomic mass is 9.92. The summed E-state index contributed by atoms with van der Waals surface area (Å²) >= 11 is 0. The SMILES string of the molecule is CC(C)(O)C(=O)c1ccc(C(OCCOCCOCCO[Si](C)(OCCOCCOCCOC(c2ccc(C(=O)C(C)(C)O)cc2)c2ccc(C(=O)C(C)(C)O)cc2)OCCOCCOCCOC(c2ccc(C(=O)C(C)(C)O)cc2)c2ccc(C(=O)C(C)(C)O)cc2)c2ccc(C(=O)C(C)(C)O)cc2)cc1. The quantitative estimate of drug-likeness (QED) is 0.0117. The molecule has 584 valence electrons. The molecule has 0 unspecified atom stereocenters. The molecule has 0 aromatic heterocycles. The summed E-state index contributed by atoms with van der Waals surface area (Å²) in [6.45, 7) is 22.1. The topological polar surface area (TPSA) is 335 Å². The van der Waals surface area contributed by atoms with Crippen LogP contribution in [0.3, 0.4) is 0 Å². The second kappa shape index (κ2) is 41.0. The van der Waals surface area contributed by atoms with Gasteiger partial charge in [-0.25, -0.2) is 0 Å². The Hall–Kier alpha value is -7.16. The molecule has 0 aliphatic heterocycles. The van der Waals surface area contributed by atoms with Crippen molar-refractivity contribution in [2.75, 3.05) is 119 Å². The Kier molecular flexibility index (Phi) is 34.0. The predicted octanol–water partition coefficient (Wildman–Crippen LogP) is 9.84. The zero-order chi connectivity index (χ0) is 78.8. The van der Waals surface area contributed by atoms with E-state index in [1.165, 1.54) is 83.1 Å². The standard InChI is InChI=1S/C82H108O24Si/c1-77(2,89)71(83)62-26-14-56(15-27-62)68(57-16-28-63(29-17-57)72(84)78(3,4)90)101-50-44-95-38-41-98-47-53-104-107(13,105-54-48-99-42-39-96-45-51-102-69(58-18-30-64(31-19-58)73(85)79(5,6)91)59-20-32-65(33-21-59)74(86)80(7,8)92)106-55-49-100-43-40-97-46-52-103-70(60-22-34-66(35-23-60)75(87)81(9,10)93)61-24-36-67(37-25-61)76(88)82(11,12)94/h14-37,68-70,89-94H,38-55H2,1-13H3. The van der Waals surface area contributed by atoms with Crippen LogP contribution >= 0.6 is 0 Å². The van der Waals surface area contributed by atoms with E-state index in [1.54, 1.807) is 152 Å². The first-order chi connectivity index (χ1) is 50.3.